The van der Waals surface area contributed by atoms with Crippen LogP contribution in [0.3, 0.4) is 0 Å². The highest BCUT2D eigenvalue weighted by molar-refractivity contribution is 6.06. The Labute approximate surface area is 181 Å². The summed E-state index contributed by atoms with van der Waals surface area (Å²) in [6.45, 7) is 4.00. The zero-order chi connectivity index (χ0) is 22.2. The summed E-state index contributed by atoms with van der Waals surface area (Å²) in [5, 5.41) is 7.40. The maximum Gasteiger partial charge on any atom is 0.278 e. The lowest BCUT2D eigenvalue weighted by Gasteiger charge is -2.09. The van der Waals surface area contributed by atoms with E-state index in [1.54, 1.807) is 29.9 Å². The molecule has 32 heavy (non-hydrogen) atoms. The molecular weight excluding hydrogens is 412 g/mol. The maximum absolute atomic E-state index is 13.4. The van der Waals surface area contributed by atoms with Crippen LogP contribution in [0.4, 0.5) is 0 Å². The van der Waals surface area contributed by atoms with E-state index < -0.39 is 0 Å². The molecule has 4 heterocycles. The molecule has 5 rings (SSSR count). The van der Waals surface area contributed by atoms with E-state index in [-0.39, 0.29) is 31.1 Å². The van der Waals surface area contributed by atoms with Gasteiger partial charge >= 0.3 is 0 Å². The number of furan rings is 1. The van der Waals surface area contributed by atoms with Crippen LogP contribution in [0.25, 0.3) is 21.9 Å². The minimum absolute atomic E-state index is 0.0373. The molecule has 0 aliphatic carbocycles. The second-order valence-corrected chi connectivity index (χ2v) is 7.57. The summed E-state index contributed by atoms with van der Waals surface area (Å²) in [7, 11) is 0. The molecule has 10 heteroatoms. The molecule has 0 spiro atoms. The van der Waals surface area contributed by atoms with Crippen molar-refractivity contribution in [3.8, 4) is 0 Å². The number of carbonyl (C=O) groups is 1. The van der Waals surface area contributed by atoms with E-state index in [2.05, 4.69) is 20.4 Å². The summed E-state index contributed by atoms with van der Waals surface area (Å²) in [6.07, 6.45) is 3.02. The van der Waals surface area contributed by atoms with Gasteiger partial charge in [-0.05, 0) is 38.1 Å². The van der Waals surface area contributed by atoms with Gasteiger partial charge in [0.15, 0.2) is 5.82 Å². The van der Waals surface area contributed by atoms with Gasteiger partial charge in [-0.2, -0.15) is 4.98 Å². The van der Waals surface area contributed by atoms with Gasteiger partial charge in [0, 0.05) is 5.39 Å². The van der Waals surface area contributed by atoms with E-state index in [1.807, 2.05) is 25.1 Å². The number of nitrogens with one attached hydrogen (secondary N) is 1. The van der Waals surface area contributed by atoms with Crippen molar-refractivity contribution in [3.05, 3.63) is 76.3 Å². The minimum Gasteiger partial charge on any atom is -0.467 e. The smallest absolute Gasteiger partial charge is 0.278 e. The molecule has 0 bridgehead atoms. The SMILES string of the molecule is Cc1ccc2c(c1)c1ncn(Cc3nc(C)no3)c(=O)c1n2CC(=O)NCc1ccco1. The largest absolute Gasteiger partial charge is 0.467 e. The monoisotopic (exact) mass is 432 g/mol. The highest BCUT2D eigenvalue weighted by atomic mass is 16.5. The molecule has 10 nitrogen and oxygen atoms in total. The fraction of sp³-hybridized carbons (Fsp3) is 0.227. The standard InChI is InChI=1S/C22H20N6O4/c1-13-5-6-17-16(8-13)20-21(28(17)10-18(29)23-9-15-4-3-7-31-15)22(30)27(12-24-20)11-19-25-14(2)26-32-19/h3-8,12H,9-11H2,1-2H3,(H,23,29). The third kappa shape index (κ3) is 3.55. The van der Waals surface area contributed by atoms with Crippen LogP contribution in [0.2, 0.25) is 0 Å². The number of carbonyl (C=O) groups excluding carboxylic acids is 1. The van der Waals surface area contributed by atoms with Crippen molar-refractivity contribution in [2.75, 3.05) is 0 Å². The topological polar surface area (TPSA) is 121 Å². The van der Waals surface area contributed by atoms with Crippen LogP contribution in [0.1, 0.15) is 23.0 Å². The van der Waals surface area contributed by atoms with Gasteiger partial charge in [-0.15, -0.1) is 0 Å². The highest BCUT2D eigenvalue weighted by Gasteiger charge is 2.19. The van der Waals surface area contributed by atoms with Crippen LogP contribution in [0, 0.1) is 13.8 Å². The summed E-state index contributed by atoms with van der Waals surface area (Å²) in [6, 6.07) is 9.35. The molecule has 0 aliphatic rings. The molecule has 0 fully saturated rings. The zero-order valence-electron chi connectivity index (χ0n) is 17.5. The lowest BCUT2D eigenvalue weighted by atomic mass is 10.1. The second kappa shape index (κ2) is 7.80. The Morgan fingerprint density at radius 1 is 1.22 bits per heavy atom. The quantitative estimate of drug-likeness (QED) is 0.437. The summed E-state index contributed by atoms with van der Waals surface area (Å²) >= 11 is 0. The van der Waals surface area contributed by atoms with Crippen molar-refractivity contribution < 1.29 is 13.7 Å². The number of hydrogen-bond acceptors (Lipinski definition) is 7. The molecule has 0 radical (unpaired) electrons. The van der Waals surface area contributed by atoms with Crippen molar-refractivity contribution in [2.45, 2.75) is 33.5 Å². The van der Waals surface area contributed by atoms with E-state index in [1.165, 1.54) is 10.9 Å². The summed E-state index contributed by atoms with van der Waals surface area (Å²) in [4.78, 5) is 34.8. The molecule has 1 aromatic carbocycles. The first kappa shape index (κ1) is 19.7. The van der Waals surface area contributed by atoms with Gasteiger partial charge in [0.25, 0.3) is 5.56 Å². The van der Waals surface area contributed by atoms with Crippen LogP contribution >= 0.6 is 0 Å². The average Bonchev–Trinajstić information content (AvgIpc) is 3.49. The van der Waals surface area contributed by atoms with Gasteiger partial charge < -0.3 is 18.8 Å². The molecule has 162 valence electrons. The fourth-order valence-corrected chi connectivity index (χ4v) is 3.74. The first-order valence-electron chi connectivity index (χ1n) is 10.1. The summed E-state index contributed by atoms with van der Waals surface area (Å²) < 4.78 is 13.5. The number of hydrogen-bond donors (Lipinski definition) is 1. The van der Waals surface area contributed by atoms with Gasteiger partial charge in [-0.3, -0.25) is 14.2 Å². The van der Waals surface area contributed by atoms with Gasteiger partial charge in [-0.25, -0.2) is 4.98 Å². The Hall–Kier alpha value is -4.21. The minimum atomic E-state index is -0.293. The van der Waals surface area contributed by atoms with Crippen molar-refractivity contribution in [2.24, 2.45) is 0 Å². The first-order valence-corrected chi connectivity index (χ1v) is 10.1. The predicted octanol–water partition coefficient (Wildman–Crippen LogP) is 2.31. The first-order chi connectivity index (χ1) is 15.5. The van der Waals surface area contributed by atoms with Crippen LogP contribution in [0.15, 0.2) is 56.7 Å². The number of nitrogens with zero attached hydrogens (tertiary/aromatic N) is 5. The maximum atomic E-state index is 13.4. The van der Waals surface area contributed by atoms with E-state index >= 15 is 0 Å². The number of aromatic nitrogens is 5. The lowest BCUT2D eigenvalue weighted by Crippen LogP contribution is -2.29. The average molecular weight is 432 g/mol. The van der Waals surface area contributed by atoms with Crippen molar-refractivity contribution in [1.82, 2.24) is 29.6 Å². The number of rotatable bonds is 6. The van der Waals surface area contributed by atoms with Crippen molar-refractivity contribution >= 4 is 27.8 Å². The van der Waals surface area contributed by atoms with Crippen molar-refractivity contribution in [3.63, 3.8) is 0 Å². The van der Waals surface area contributed by atoms with Crippen LogP contribution in [-0.2, 0) is 24.4 Å². The Kier molecular flexibility index (Phi) is 4.81. The van der Waals surface area contributed by atoms with Crippen LogP contribution in [-0.4, -0.2) is 30.2 Å². The van der Waals surface area contributed by atoms with Gasteiger partial charge in [-0.1, -0.05) is 16.8 Å². The molecule has 0 atom stereocenters. The van der Waals surface area contributed by atoms with E-state index in [0.29, 0.717) is 28.5 Å². The molecule has 0 saturated carbocycles. The fourth-order valence-electron chi connectivity index (χ4n) is 3.74. The molecular formula is C22H20N6O4. The summed E-state index contributed by atoms with van der Waals surface area (Å²) in [5.74, 6) is 1.19. The molecule has 4 aromatic heterocycles. The molecule has 1 amide bonds. The highest BCUT2D eigenvalue weighted by Crippen LogP contribution is 2.26. The Morgan fingerprint density at radius 3 is 2.84 bits per heavy atom. The molecule has 0 aliphatic heterocycles. The number of amides is 1. The number of aryl methyl sites for hydroxylation is 2. The van der Waals surface area contributed by atoms with Gasteiger partial charge in [0.2, 0.25) is 11.8 Å². The molecule has 5 aromatic rings. The molecule has 0 unspecified atom stereocenters. The van der Waals surface area contributed by atoms with E-state index in [4.69, 9.17) is 8.94 Å². The predicted molar refractivity (Wildman–Crippen MR) is 115 cm³/mol. The lowest BCUT2D eigenvalue weighted by molar-refractivity contribution is -0.121. The Bertz CT molecular complexity index is 1490. The Morgan fingerprint density at radius 2 is 2.09 bits per heavy atom. The molecule has 1 N–H and O–H groups in total. The number of benzene rings is 1. The number of fused-ring (bicyclic) bond motifs is 3. The zero-order valence-corrected chi connectivity index (χ0v) is 17.5. The third-order valence-corrected chi connectivity index (χ3v) is 5.20. The second-order valence-electron chi connectivity index (χ2n) is 7.57. The normalized spacial score (nSPS) is 11.4. The van der Waals surface area contributed by atoms with Crippen LogP contribution < -0.4 is 10.9 Å². The van der Waals surface area contributed by atoms with Gasteiger partial charge in [0.05, 0.1) is 24.7 Å². The third-order valence-electron chi connectivity index (χ3n) is 5.20. The van der Waals surface area contributed by atoms with E-state index in [9.17, 15) is 9.59 Å². The Balaban J connectivity index is 1.57. The molecule has 0 saturated heterocycles. The van der Waals surface area contributed by atoms with E-state index in [0.717, 1.165) is 16.5 Å². The summed E-state index contributed by atoms with van der Waals surface area (Å²) in [5.41, 5.74) is 2.39. The van der Waals surface area contributed by atoms with Crippen molar-refractivity contribution in [1.29, 1.82) is 0 Å². The van der Waals surface area contributed by atoms with Gasteiger partial charge in [0.1, 0.15) is 29.9 Å². The van der Waals surface area contributed by atoms with Crippen LogP contribution in [0.5, 0.6) is 0 Å².